The molecule has 0 saturated carbocycles. The van der Waals surface area contributed by atoms with Gasteiger partial charge in [-0.05, 0) is 36.8 Å². The number of carbonyl (C=O) groups is 1. The number of aliphatic hydroxyl groups is 1. The van der Waals surface area contributed by atoms with Crippen molar-refractivity contribution in [3.63, 3.8) is 0 Å². The van der Waals surface area contributed by atoms with Crippen LogP contribution in [0.5, 0.6) is 0 Å². The number of nitrogens with zero attached hydrogens (tertiary/aromatic N) is 2. The Balaban J connectivity index is 1.93. The minimum absolute atomic E-state index is 0.00196. The van der Waals surface area contributed by atoms with E-state index < -0.39 is 6.10 Å². The van der Waals surface area contributed by atoms with Crippen LogP contribution in [0.3, 0.4) is 0 Å². The molecule has 0 radical (unpaired) electrons. The van der Waals surface area contributed by atoms with Gasteiger partial charge in [-0.25, -0.2) is 0 Å². The molecule has 2 heterocycles. The van der Waals surface area contributed by atoms with Gasteiger partial charge >= 0.3 is 0 Å². The molecule has 1 aromatic rings. The highest BCUT2D eigenvalue weighted by Crippen LogP contribution is 2.27. The van der Waals surface area contributed by atoms with E-state index in [4.69, 9.17) is 14.5 Å². The van der Waals surface area contributed by atoms with Crippen LogP contribution in [-0.4, -0.2) is 54.4 Å². The van der Waals surface area contributed by atoms with Gasteiger partial charge in [-0.2, -0.15) is 0 Å². The molecule has 23 heavy (non-hydrogen) atoms. The van der Waals surface area contributed by atoms with Crippen molar-refractivity contribution in [1.29, 1.82) is 0 Å². The monoisotopic (exact) mass is 320 g/mol. The number of aliphatic hydroxyl groups excluding tert-OH is 1. The zero-order valence-corrected chi connectivity index (χ0v) is 13.6. The van der Waals surface area contributed by atoms with E-state index in [1.807, 2.05) is 0 Å². The summed E-state index contributed by atoms with van der Waals surface area (Å²) in [5.41, 5.74) is 4.11. The minimum atomic E-state index is -0.451. The molecule has 3 rings (SSSR count). The van der Waals surface area contributed by atoms with Gasteiger partial charge in [-0.15, -0.1) is 0 Å². The van der Waals surface area contributed by atoms with E-state index in [1.54, 1.807) is 12.0 Å². The Labute approximate surface area is 136 Å². The minimum Gasteiger partial charge on any atom is -0.393 e. The molecular formula is C17H24N2O4. The number of rotatable bonds is 5. The number of hydrogen-bond acceptors (Lipinski definition) is 5. The standard InChI is InChI=1S/C17H24N2O4/c1-22-15(10-20)17-13(9-19-6-7-23-11-16(19)21)8-12-4-2-3-5-14(12)18-17/h8,15,20H,2-7,9-11H2,1H3. The van der Waals surface area contributed by atoms with E-state index in [9.17, 15) is 9.90 Å². The van der Waals surface area contributed by atoms with Crippen LogP contribution >= 0.6 is 0 Å². The van der Waals surface area contributed by atoms with Crippen LogP contribution in [0.15, 0.2) is 6.07 Å². The summed E-state index contributed by atoms with van der Waals surface area (Å²) in [4.78, 5) is 18.6. The quantitative estimate of drug-likeness (QED) is 0.876. The van der Waals surface area contributed by atoms with E-state index in [0.29, 0.717) is 19.7 Å². The third-order valence-corrected chi connectivity index (χ3v) is 4.61. The molecule has 1 amide bonds. The van der Waals surface area contributed by atoms with Gasteiger partial charge < -0.3 is 19.5 Å². The van der Waals surface area contributed by atoms with Gasteiger partial charge in [0.15, 0.2) is 0 Å². The molecular weight excluding hydrogens is 296 g/mol. The van der Waals surface area contributed by atoms with Gasteiger partial charge in [0.05, 0.1) is 18.9 Å². The average molecular weight is 320 g/mol. The normalized spacial score (nSPS) is 19.6. The molecule has 1 aliphatic carbocycles. The molecule has 1 saturated heterocycles. The first kappa shape index (κ1) is 16.4. The Kier molecular flexibility index (Phi) is 5.25. The first-order chi connectivity index (χ1) is 11.2. The fourth-order valence-electron chi connectivity index (χ4n) is 3.30. The maximum atomic E-state index is 12.0. The summed E-state index contributed by atoms with van der Waals surface area (Å²) in [6.07, 6.45) is 3.88. The Morgan fingerprint density at radius 2 is 2.26 bits per heavy atom. The van der Waals surface area contributed by atoms with Gasteiger partial charge in [0.25, 0.3) is 0 Å². The van der Waals surface area contributed by atoms with Crippen molar-refractivity contribution >= 4 is 5.91 Å². The van der Waals surface area contributed by atoms with Crippen LogP contribution in [0.1, 0.15) is 41.5 Å². The van der Waals surface area contributed by atoms with Gasteiger partial charge in [-0.1, -0.05) is 6.07 Å². The number of methoxy groups -OCH3 is 1. The maximum absolute atomic E-state index is 12.0. The van der Waals surface area contributed by atoms with Gasteiger partial charge in [0, 0.05) is 25.9 Å². The highest BCUT2D eigenvalue weighted by Gasteiger charge is 2.25. The van der Waals surface area contributed by atoms with Gasteiger partial charge in [0.2, 0.25) is 5.91 Å². The number of carbonyl (C=O) groups excluding carboxylic acids is 1. The predicted octanol–water partition coefficient (Wildman–Crippen LogP) is 0.999. The van der Waals surface area contributed by atoms with Crippen molar-refractivity contribution in [2.45, 2.75) is 38.3 Å². The van der Waals surface area contributed by atoms with Crippen LogP contribution in [0.4, 0.5) is 0 Å². The lowest BCUT2D eigenvalue weighted by atomic mass is 9.93. The summed E-state index contributed by atoms with van der Waals surface area (Å²) < 4.78 is 10.6. The fraction of sp³-hybridized carbons (Fsp3) is 0.647. The highest BCUT2D eigenvalue weighted by atomic mass is 16.5. The van der Waals surface area contributed by atoms with Crippen molar-refractivity contribution in [3.05, 3.63) is 28.6 Å². The van der Waals surface area contributed by atoms with Crippen LogP contribution in [0.25, 0.3) is 0 Å². The molecule has 126 valence electrons. The molecule has 1 aliphatic heterocycles. The second-order valence-electron chi connectivity index (χ2n) is 6.12. The molecule has 0 aromatic carbocycles. The molecule has 1 atom stereocenters. The number of hydrogen-bond donors (Lipinski definition) is 1. The zero-order chi connectivity index (χ0) is 16.2. The summed E-state index contributed by atoms with van der Waals surface area (Å²) in [5.74, 6) is -0.00196. The van der Waals surface area contributed by atoms with Crippen molar-refractivity contribution in [3.8, 4) is 0 Å². The molecule has 1 N–H and O–H groups in total. The number of aromatic nitrogens is 1. The van der Waals surface area contributed by atoms with Crippen molar-refractivity contribution in [1.82, 2.24) is 9.88 Å². The average Bonchev–Trinajstić information content (AvgIpc) is 2.58. The summed E-state index contributed by atoms with van der Waals surface area (Å²) in [6, 6.07) is 2.15. The van der Waals surface area contributed by atoms with Crippen molar-refractivity contribution in [2.24, 2.45) is 0 Å². The smallest absolute Gasteiger partial charge is 0.248 e. The topological polar surface area (TPSA) is 71.9 Å². The number of pyridine rings is 1. The van der Waals surface area contributed by atoms with Crippen molar-refractivity contribution in [2.75, 3.05) is 33.5 Å². The number of morpholine rings is 1. The van der Waals surface area contributed by atoms with E-state index in [2.05, 4.69) is 6.07 Å². The molecule has 6 heteroatoms. The Bertz CT molecular complexity index is 572. The van der Waals surface area contributed by atoms with E-state index in [-0.39, 0.29) is 19.1 Å². The molecule has 1 unspecified atom stereocenters. The molecule has 2 aliphatic rings. The lowest BCUT2D eigenvalue weighted by Crippen LogP contribution is -2.41. The number of ether oxygens (including phenoxy) is 2. The van der Waals surface area contributed by atoms with E-state index >= 15 is 0 Å². The third kappa shape index (κ3) is 3.54. The number of amides is 1. The first-order valence-electron chi connectivity index (χ1n) is 8.23. The molecule has 0 bridgehead atoms. The summed E-state index contributed by atoms with van der Waals surface area (Å²) in [6.45, 7) is 1.67. The lowest BCUT2D eigenvalue weighted by molar-refractivity contribution is -0.143. The molecule has 0 spiro atoms. The predicted molar refractivity (Wildman–Crippen MR) is 84.0 cm³/mol. The fourth-order valence-corrected chi connectivity index (χ4v) is 3.30. The molecule has 6 nitrogen and oxygen atoms in total. The van der Waals surface area contributed by atoms with Gasteiger partial charge in [0.1, 0.15) is 12.7 Å². The number of fused-ring (bicyclic) bond motifs is 1. The summed E-state index contributed by atoms with van der Waals surface area (Å²) >= 11 is 0. The third-order valence-electron chi connectivity index (χ3n) is 4.61. The number of aryl methyl sites for hydroxylation is 2. The summed E-state index contributed by atoms with van der Waals surface area (Å²) in [5, 5.41) is 9.60. The van der Waals surface area contributed by atoms with Crippen molar-refractivity contribution < 1.29 is 19.4 Å². The van der Waals surface area contributed by atoms with Crippen LogP contribution in [0.2, 0.25) is 0 Å². The van der Waals surface area contributed by atoms with E-state index in [1.165, 1.54) is 12.0 Å². The second kappa shape index (κ2) is 7.38. The Hall–Kier alpha value is -1.50. The Morgan fingerprint density at radius 3 is 3.00 bits per heavy atom. The maximum Gasteiger partial charge on any atom is 0.248 e. The van der Waals surface area contributed by atoms with Crippen LogP contribution < -0.4 is 0 Å². The van der Waals surface area contributed by atoms with Gasteiger partial charge in [-0.3, -0.25) is 9.78 Å². The SMILES string of the molecule is COC(CO)c1nc2c(cc1CN1CCOCC1=O)CCCC2. The lowest BCUT2D eigenvalue weighted by Gasteiger charge is -2.29. The second-order valence-corrected chi connectivity index (χ2v) is 6.12. The van der Waals surface area contributed by atoms with E-state index in [0.717, 1.165) is 36.2 Å². The first-order valence-corrected chi connectivity index (χ1v) is 8.23. The Morgan fingerprint density at radius 1 is 1.43 bits per heavy atom. The molecule has 1 fully saturated rings. The largest absolute Gasteiger partial charge is 0.393 e. The summed E-state index contributed by atoms with van der Waals surface area (Å²) in [7, 11) is 1.58. The van der Waals surface area contributed by atoms with Crippen LogP contribution in [-0.2, 0) is 33.7 Å². The highest BCUT2D eigenvalue weighted by molar-refractivity contribution is 5.78. The molecule has 1 aromatic heterocycles. The van der Waals surface area contributed by atoms with Crippen LogP contribution in [0, 0.1) is 0 Å². The zero-order valence-electron chi connectivity index (χ0n) is 13.6.